The molecule has 2 unspecified atom stereocenters. The largest absolute Gasteiger partial charge is 0.444 e. The second kappa shape index (κ2) is 12.9. The van der Waals surface area contributed by atoms with Gasteiger partial charge in [0.25, 0.3) is 0 Å². The Morgan fingerprint density at radius 3 is 2.11 bits per heavy atom. The van der Waals surface area contributed by atoms with Gasteiger partial charge in [0.1, 0.15) is 17.7 Å². The van der Waals surface area contributed by atoms with Crippen LogP contribution < -0.4 is 16.4 Å². The summed E-state index contributed by atoms with van der Waals surface area (Å²) in [5, 5.41) is 5.69. The van der Waals surface area contributed by atoms with Gasteiger partial charge in [-0.05, 0) is 78.0 Å². The number of nitrogens with zero attached hydrogens (tertiary/aromatic N) is 1. The molecule has 1 fully saturated rings. The summed E-state index contributed by atoms with van der Waals surface area (Å²) >= 11 is 0. The molecular weight excluding hydrogens is 472 g/mol. The van der Waals surface area contributed by atoms with Crippen LogP contribution in [0.1, 0.15) is 95.9 Å². The van der Waals surface area contributed by atoms with E-state index in [0.717, 1.165) is 48.8 Å². The zero-order valence-electron chi connectivity index (χ0n) is 23.3. The summed E-state index contributed by atoms with van der Waals surface area (Å²) in [7, 11) is 0. The fourth-order valence-electron chi connectivity index (χ4n) is 4.89. The number of hydrogen-bond donors (Lipinski definition) is 3. The topological polar surface area (TPSA) is 131 Å². The number of carbonyl (C=O) groups is 4. The van der Waals surface area contributed by atoms with E-state index in [9.17, 15) is 19.2 Å². The number of hydrogen-bond acceptors (Lipinski definition) is 5. The van der Waals surface area contributed by atoms with Gasteiger partial charge in [-0.15, -0.1) is 0 Å². The molecule has 0 bridgehead atoms. The molecule has 9 heteroatoms. The number of carbonyl (C=O) groups excluding carboxylic acids is 4. The van der Waals surface area contributed by atoms with Gasteiger partial charge < -0.3 is 26.0 Å². The monoisotopic (exact) mass is 516 g/mol. The highest BCUT2D eigenvalue weighted by atomic mass is 16.6. The van der Waals surface area contributed by atoms with Gasteiger partial charge in [0.15, 0.2) is 0 Å². The van der Waals surface area contributed by atoms with Crippen molar-refractivity contribution in [2.45, 2.75) is 117 Å². The van der Waals surface area contributed by atoms with Crippen LogP contribution in [0.4, 0.5) is 4.79 Å². The number of rotatable bonds is 9. The van der Waals surface area contributed by atoms with E-state index in [1.165, 1.54) is 4.90 Å². The first-order chi connectivity index (χ1) is 17.2. The summed E-state index contributed by atoms with van der Waals surface area (Å²) in [6.45, 7) is 12.5. The summed E-state index contributed by atoms with van der Waals surface area (Å²) in [6.07, 6.45) is 3.76. The van der Waals surface area contributed by atoms with Crippen LogP contribution in [0.15, 0.2) is 18.2 Å². The predicted octanol–water partition coefficient (Wildman–Crippen LogP) is 3.80. The number of alkyl carbamates (subject to hydrolysis) is 1. The Labute approximate surface area is 220 Å². The third-order valence-corrected chi connectivity index (χ3v) is 6.50. The predicted molar refractivity (Wildman–Crippen MR) is 143 cm³/mol. The summed E-state index contributed by atoms with van der Waals surface area (Å²) in [5.41, 5.74) is 7.11. The van der Waals surface area contributed by atoms with Gasteiger partial charge in [-0.2, -0.15) is 0 Å². The second-order valence-corrected chi connectivity index (χ2v) is 11.3. The number of nitrogens with one attached hydrogen (secondary N) is 2. The minimum Gasteiger partial charge on any atom is -0.444 e. The second-order valence-electron chi connectivity index (χ2n) is 11.3. The first-order valence-corrected chi connectivity index (χ1v) is 13.2. The van der Waals surface area contributed by atoms with Crippen LogP contribution in [0.25, 0.3) is 0 Å². The first-order valence-electron chi connectivity index (χ1n) is 13.2. The minimum atomic E-state index is -1.29. The smallest absolute Gasteiger partial charge is 0.408 e. The molecule has 4 amide bonds. The van der Waals surface area contributed by atoms with Gasteiger partial charge in [0.05, 0.1) is 6.42 Å². The van der Waals surface area contributed by atoms with Crippen molar-refractivity contribution in [2.24, 2.45) is 5.73 Å². The Bertz CT molecular complexity index is 959. The average Bonchev–Trinajstić information content (AvgIpc) is 2.76. The van der Waals surface area contributed by atoms with Crippen LogP contribution in [0.3, 0.4) is 0 Å². The van der Waals surface area contributed by atoms with Crippen LogP contribution in [-0.2, 0) is 19.1 Å². The molecule has 2 rings (SSSR count). The SMILES string of the molecule is Cc1cccc(C)c1C(C(=O)NC1CCCCC1)N(C(=O)C(CC(N)=O)NC(=O)OC(C)(C)C)C(C)C. The average molecular weight is 517 g/mol. The Morgan fingerprint density at radius 1 is 1.05 bits per heavy atom. The Morgan fingerprint density at radius 2 is 1.62 bits per heavy atom. The zero-order chi connectivity index (χ0) is 27.9. The van der Waals surface area contributed by atoms with E-state index in [0.29, 0.717) is 0 Å². The summed E-state index contributed by atoms with van der Waals surface area (Å²) in [6, 6.07) is 3.10. The molecule has 1 saturated carbocycles. The van der Waals surface area contributed by atoms with Gasteiger partial charge in [0, 0.05) is 12.1 Å². The molecule has 4 N–H and O–H groups in total. The van der Waals surface area contributed by atoms with E-state index in [1.54, 1.807) is 34.6 Å². The lowest BCUT2D eigenvalue weighted by atomic mass is 9.91. The van der Waals surface area contributed by atoms with Crippen molar-refractivity contribution in [1.82, 2.24) is 15.5 Å². The maximum atomic E-state index is 14.0. The van der Waals surface area contributed by atoms with Gasteiger partial charge in [-0.25, -0.2) is 4.79 Å². The van der Waals surface area contributed by atoms with Crippen molar-refractivity contribution in [3.63, 3.8) is 0 Å². The third kappa shape index (κ3) is 8.76. The fourth-order valence-corrected chi connectivity index (χ4v) is 4.89. The van der Waals surface area contributed by atoms with Crippen LogP contribution >= 0.6 is 0 Å². The molecule has 206 valence electrons. The van der Waals surface area contributed by atoms with Crippen LogP contribution in [0, 0.1) is 13.8 Å². The highest BCUT2D eigenvalue weighted by Crippen LogP contribution is 2.31. The molecule has 9 nitrogen and oxygen atoms in total. The zero-order valence-corrected chi connectivity index (χ0v) is 23.3. The van der Waals surface area contributed by atoms with Crippen LogP contribution in [0.5, 0.6) is 0 Å². The van der Waals surface area contributed by atoms with E-state index >= 15 is 0 Å². The Kier molecular flexibility index (Phi) is 10.5. The van der Waals surface area contributed by atoms with E-state index < -0.39 is 48.1 Å². The van der Waals surface area contributed by atoms with E-state index in [1.807, 2.05) is 32.0 Å². The molecule has 1 aromatic rings. The maximum absolute atomic E-state index is 14.0. The lowest BCUT2D eigenvalue weighted by Gasteiger charge is -2.39. The number of primary amides is 1. The first kappa shape index (κ1) is 30.1. The highest BCUT2D eigenvalue weighted by Gasteiger charge is 2.40. The van der Waals surface area contributed by atoms with E-state index in [4.69, 9.17) is 10.5 Å². The molecule has 2 atom stereocenters. The van der Waals surface area contributed by atoms with Crippen LogP contribution in [0.2, 0.25) is 0 Å². The van der Waals surface area contributed by atoms with Crippen molar-refractivity contribution in [2.75, 3.05) is 0 Å². The number of amides is 4. The van der Waals surface area contributed by atoms with E-state index in [2.05, 4.69) is 10.6 Å². The van der Waals surface area contributed by atoms with Gasteiger partial charge >= 0.3 is 6.09 Å². The Hall–Kier alpha value is -3.10. The molecular formula is C28H44N4O5. The molecule has 1 aliphatic carbocycles. The maximum Gasteiger partial charge on any atom is 0.408 e. The quantitative estimate of drug-likeness (QED) is 0.459. The fraction of sp³-hybridized carbons (Fsp3) is 0.643. The van der Waals surface area contributed by atoms with Crippen molar-refractivity contribution >= 4 is 23.8 Å². The molecule has 0 heterocycles. The van der Waals surface area contributed by atoms with Gasteiger partial charge in [-0.3, -0.25) is 14.4 Å². The summed E-state index contributed by atoms with van der Waals surface area (Å²) < 4.78 is 5.32. The molecule has 1 aromatic carbocycles. The van der Waals surface area contributed by atoms with Crippen LogP contribution in [-0.4, -0.2) is 52.4 Å². The van der Waals surface area contributed by atoms with Gasteiger partial charge in [0.2, 0.25) is 17.7 Å². The Balaban J connectivity index is 2.52. The molecule has 0 saturated heterocycles. The summed E-state index contributed by atoms with van der Waals surface area (Å²) in [5.74, 6) is -1.61. The van der Waals surface area contributed by atoms with Gasteiger partial charge in [-0.1, -0.05) is 37.5 Å². The third-order valence-electron chi connectivity index (χ3n) is 6.50. The number of aryl methyl sites for hydroxylation is 2. The van der Waals surface area contributed by atoms with Crippen molar-refractivity contribution in [3.05, 3.63) is 34.9 Å². The molecule has 0 radical (unpaired) electrons. The van der Waals surface area contributed by atoms with Crippen molar-refractivity contribution in [3.8, 4) is 0 Å². The van der Waals surface area contributed by atoms with Crippen molar-refractivity contribution in [1.29, 1.82) is 0 Å². The molecule has 0 aromatic heterocycles. The molecule has 0 spiro atoms. The molecule has 37 heavy (non-hydrogen) atoms. The lowest BCUT2D eigenvalue weighted by molar-refractivity contribution is -0.145. The minimum absolute atomic E-state index is 0.0403. The standard InChI is InChI=1S/C28H44N4O5/c1-17(2)32(26(35)21(16-22(29)33)31-27(36)37-28(5,6)7)24(23-18(3)12-11-13-19(23)4)25(34)30-20-14-9-8-10-15-20/h11-13,17,20-21,24H,8-10,14-16H2,1-7H3,(H2,29,33)(H,30,34)(H,31,36). The lowest BCUT2D eigenvalue weighted by Crippen LogP contribution is -2.56. The van der Waals surface area contributed by atoms with Crippen molar-refractivity contribution < 1.29 is 23.9 Å². The molecule has 0 aliphatic heterocycles. The normalized spacial score (nSPS) is 16.0. The summed E-state index contributed by atoms with van der Waals surface area (Å²) in [4.78, 5) is 53.8. The number of ether oxygens (including phenoxy) is 1. The highest BCUT2D eigenvalue weighted by molar-refractivity contribution is 5.95. The number of benzene rings is 1. The van der Waals surface area contributed by atoms with E-state index in [-0.39, 0.29) is 11.9 Å². The molecule has 1 aliphatic rings. The number of nitrogens with two attached hydrogens (primary N) is 1.